The molecular formula is C44H53F2N11O5. The number of piperazine rings is 1. The number of imide groups is 1. The maximum absolute atomic E-state index is 13.7. The maximum atomic E-state index is 13.7. The van der Waals surface area contributed by atoms with E-state index in [9.17, 15) is 28.0 Å². The summed E-state index contributed by atoms with van der Waals surface area (Å²) in [6.45, 7) is 8.78. The Kier molecular flexibility index (Phi) is 12.8. The number of rotatable bonds is 7. The topological polar surface area (TPSA) is 156 Å². The van der Waals surface area contributed by atoms with Gasteiger partial charge in [0.2, 0.25) is 11.8 Å². The van der Waals surface area contributed by atoms with E-state index in [-0.39, 0.29) is 35.8 Å². The van der Waals surface area contributed by atoms with Crippen LogP contribution in [0.3, 0.4) is 0 Å². The molecule has 3 aliphatic heterocycles. The number of amides is 3. The lowest BCUT2D eigenvalue weighted by molar-refractivity contribution is -0.135. The molecule has 2 N–H and O–H groups in total. The number of fused-ring (bicyclic) bond motifs is 2. The number of aryl methyl sites for hydroxylation is 1. The monoisotopic (exact) mass is 853 g/mol. The zero-order chi connectivity index (χ0) is 43.5. The van der Waals surface area contributed by atoms with Crippen molar-refractivity contribution in [3.05, 3.63) is 76.2 Å². The number of alkyl halides is 2. The zero-order valence-corrected chi connectivity index (χ0v) is 35.4. The summed E-state index contributed by atoms with van der Waals surface area (Å²) in [5, 5.41) is 9.12. The van der Waals surface area contributed by atoms with Gasteiger partial charge in [0.05, 0.1) is 59.7 Å². The first kappa shape index (κ1) is 42.8. The average molecular weight is 854 g/mol. The van der Waals surface area contributed by atoms with E-state index in [1.165, 1.54) is 4.57 Å². The molecule has 4 aromatic heterocycles. The molecule has 0 radical (unpaired) electrons. The molecule has 16 nitrogen and oxygen atoms in total. The summed E-state index contributed by atoms with van der Waals surface area (Å²) >= 11 is 0. The molecule has 9 rings (SSSR count). The number of hydrogen-bond acceptors (Lipinski definition) is 10. The standard InChI is InChI=1S/C23H28F2N6O2.C21H25N5O3/c1-15-14-33-12-11-30(15)19-8-10-29-9-7-17(22(29)27-19)23(32)26-18-13-31(28-20(18)21(24)25)16-5-3-2-4-6-16;1-23-11-13-25(14-12-23)10-4-6-15-5-3-7-16-19(15)24(2)21(29)26(16)17-8-9-18(27)22-20(17)28/h7-10,13,15-16,21H,2-6,11-12,14H2,1H3,(H,26,32);3,5,7,17H,8-14H2,1-2H3,(H,22,27,28)/t15-;/m1./s1. The first-order valence-corrected chi connectivity index (χ1v) is 21.4. The first-order valence-electron chi connectivity index (χ1n) is 21.4. The van der Waals surface area contributed by atoms with Gasteiger partial charge in [0.1, 0.15) is 11.9 Å². The van der Waals surface area contributed by atoms with Crippen molar-refractivity contribution in [3.8, 4) is 11.8 Å². The Morgan fingerprint density at radius 1 is 1.00 bits per heavy atom. The fourth-order valence-electron chi connectivity index (χ4n) is 8.78. The molecule has 328 valence electrons. The highest BCUT2D eigenvalue weighted by Gasteiger charge is 2.32. The van der Waals surface area contributed by atoms with Crippen molar-refractivity contribution >= 4 is 45.9 Å². The summed E-state index contributed by atoms with van der Waals surface area (Å²) in [6, 6.07) is 8.70. The molecule has 0 bridgehead atoms. The van der Waals surface area contributed by atoms with Gasteiger partial charge in [-0.25, -0.2) is 18.6 Å². The number of benzene rings is 1. The van der Waals surface area contributed by atoms with Crippen LogP contribution in [0.4, 0.5) is 20.3 Å². The van der Waals surface area contributed by atoms with Crippen LogP contribution in [0.15, 0.2) is 53.7 Å². The van der Waals surface area contributed by atoms with Gasteiger partial charge in [-0.2, -0.15) is 5.10 Å². The van der Waals surface area contributed by atoms with E-state index in [1.54, 1.807) is 39.2 Å². The molecule has 7 heterocycles. The van der Waals surface area contributed by atoms with Gasteiger partial charge in [0, 0.05) is 64.8 Å². The number of likely N-dealkylation sites (N-methyl/N-ethyl adjacent to an activating group) is 1. The maximum Gasteiger partial charge on any atom is 0.329 e. The lowest BCUT2D eigenvalue weighted by Crippen LogP contribution is -2.44. The van der Waals surface area contributed by atoms with Crippen molar-refractivity contribution in [1.29, 1.82) is 0 Å². The predicted octanol–water partition coefficient (Wildman–Crippen LogP) is 4.37. The highest BCUT2D eigenvalue weighted by atomic mass is 19.3. The summed E-state index contributed by atoms with van der Waals surface area (Å²) in [7, 11) is 3.82. The van der Waals surface area contributed by atoms with Crippen molar-refractivity contribution in [1.82, 2.24) is 43.4 Å². The number of para-hydroxylation sites is 1. The van der Waals surface area contributed by atoms with Gasteiger partial charge >= 0.3 is 5.69 Å². The number of carbonyl (C=O) groups excluding carboxylic acids is 3. The van der Waals surface area contributed by atoms with Crippen molar-refractivity contribution in [2.45, 2.75) is 76.4 Å². The largest absolute Gasteiger partial charge is 0.377 e. The van der Waals surface area contributed by atoms with Gasteiger partial charge in [0.15, 0.2) is 11.3 Å². The third-order valence-electron chi connectivity index (χ3n) is 12.3. The number of nitrogens with one attached hydrogen (secondary N) is 2. The SMILES string of the molecule is CN1CCN(CC#Cc2cccc3c2n(C)c(=O)n3C2CCC(=O)NC2=O)CC1.C[C@@H]1COCCN1c1ccn2ccc(C(=O)Nc3cn(C4CCCCC4)nc3C(F)F)c2n1. The summed E-state index contributed by atoms with van der Waals surface area (Å²) in [5.74, 6) is 6.00. The minimum absolute atomic E-state index is 0.0536. The average Bonchev–Trinajstić information content (AvgIpc) is 3.97. The number of hydrogen-bond donors (Lipinski definition) is 2. The Balaban J connectivity index is 0.000000172. The fraction of sp³-hybridized carbons (Fsp3) is 0.500. The lowest BCUT2D eigenvalue weighted by Gasteiger charge is -2.34. The van der Waals surface area contributed by atoms with Crippen molar-refractivity contribution in [2.75, 3.05) is 69.7 Å². The van der Waals surface area contributed by atoms with E-state index in [4.69, 9.17) is 9.72 Å². The molecule has 4 fully saturated rings. The highest BCUT2D eigenvalue weighted by molar-refractivity contribution is 6.08. The van der Waals surface area contributed by atoms with E-state index < -0.39 is 30.0 Å². The van der Waals surface area contributed by atoms with Crippen molar-refractivity contribution in [3.63, 3.8) is 0 Å². The molecular weight excluding hydrogens is 801 g/mol. The second-order valence-electron chi connectivity index (χ2n) is 16.6. The summed E-state index contributed by atoms with van der Waals surface area (Å²) in [5.41, 5.74) is 2.33. The molecule has 1 unspecified atom stereocenters. The van der Waals surface area contributed by atoms with Crippen LogP contribution in [0, 0.1) is 11.8 Å². The van der Waals surface area contributed by atoms with Crippen LogP contribution in [-0.2, 0) is 21.4 Å². The molecule has 1 aliphatic carbocycles. The van der Waals surface area contributed by atoms with Gasteiger partial charge in [0.25, 0.3) is 12.3 Å². The number of ether oxygens (including phenoxy) is 1. The summed E-state index contributed by atoms with van der Waals surface area (Å²) < 4.78 is 39.3. The number of imidazole rings is 1. The van der Waals surface area contributed by atoms with E-state index in [0.717, 1.165) is 69.7 Å². The smallest absolute Gasteiger partial charge is 0.329 e. The molecule has 0 spiro atoms. The predicted molar refractivity (Wildman–Crippen MR) is 229 cm³/mol. The second kappa shape index (κ2) is 18.6. The molecule has 5 aromatic rings. The number of aromatic nitrogens is 6. The fourth-order valence-corrected chi connectivity index (χ4v) is 8.78. The van der Waals surface area contributed by atoms with Crippen LogP contribution in [0.25, 0.3) is 16.7 Å². The number of anilines is 2. The zero-order valence-electron chi connectivity index (χ0n) is 35.4. The Labute approximate surface area is 357 Å². The molecule has 62 heavy (non-hydrogen) atoms. The lowest BCUT2D eigenvalue weighted by atomic mass is 9.96. The minimum atomic E-state index is -2.77. The molecule has 2 atom stereocenters. The second-order valence-corrected chi connectivity index (χ2v) is 16.6. The Morgan fingerprint density at radius 3 is 2.52 bits per heavy atom. The third-order valence-corrected chi connectivity index (χ3v) is 12.3. The summed E-state index contributed by atoms with van der Waals surface area (Å²) in [6.07, 6.45) is 8.00. The van der Waals surface area contributed by atoms with E-state index in [1.807, 2.05) is 30.5 Å². The summed E-state index contributed by atoms with van der Waals surface area (Å²) in [4.78, 5) is 61.3. The van der Waals surface area contributed by atoms with Gasteiger partial charge in [-0.1, -0.05) is 37.2 Å². The molecule has 18 heteroatoms. The van der Waals surface area contributed by atoms with Crippen LogP contribution in [0.1, 0.15) is 92.0 Å². The number of nitrogens with zero attached hydrogens (tertiary/aromatic N) is 9. The van der Waals surface area contributed by atoms with Crippen molar-refractivity contribution < 1.29 is 27.9 Å². The van der Waals surface area contributed by atoms with E-state index in [0.29, 0.717) is 55.0 Å². The third kappa shape index (κ3) is 9.01. The van der Waals surface area contributed by atoms with Crippen LogP contribution in [0.2, 0.25) is 0 Å². The number of piperidine rings is 1. The van der Waals surface area contributed by atoms with E-state index in [2.05, 4.69) is 56.2 Å². The Morgan fingerprint density at radius 2 is 1.77 bits per heavy atom. The Bertz CT molecular complexity index is 2570. The minimum Gasteiger partial charge on any atom is -0.377 e. The highest BCUT2D eigenvalue weighted by Crippen LogP contribution is 2.33. The molecule has 1 saturated carbocycles. The van der Waals surface area contributed by atoms with Crippen LogP contribution >= 0.6 is 0 Å². The number of halogens is 2. The quantitative estimate of drug-likeness (QED) is 0.178. The van der Waals surface area contributed by atoms with Gasteiger partial charge in [-0.3, -0.25) is 38.4 Å². The molecule has 3 amide bonds. The molecule has 3 saturated heterocycles. The number of morpholine rings is 1. The van der Waals surface area contributed by atoms with Crippen LogP contribution < -0.4 is 21.2 Å². The van der Waals surface area contributed by atoms with Gasteiger partial charge < -0.3 is 24.3 Å². The number of carbonyl (C=O) groups is 3. The van der Waals surface area contributed by atoms with Crippen molar-refractivity contribution in [2.24, 2.45) is 7.05 Å². The van der Waals surface area contributed by atoms with Crippen LogP contribution in [0.5, 0.6) is 0 Å². The molecule has 4 aliphatic rings. The van der Waals surface area contributed by atoms with Crippen LogP contribution in [-0.4, -0.2) is 121 Å². The van der Waals surface area contributed by atoms with Gasteiger partial charge in [-0.15, -0.1) is 0 Å². The van der Waals surface area contributed by atoms with Gasteiger partial charge in [-0.05, 0) is 57.5 Å². The Hall–Kier alpha value is -5.90. The first-order chi connectivity index (χ1) is 30.0. The normalized spacial score (nSPS) is 20.5. The van der Waals surface area contributed by atoms with E-state index >= 15 is 0 Å². The molecule has 1 aromatic carbocycles.